The SMILES string of the molecule is O=C(COc1ccc2ccccc2c1)NCc1cncc(-c2ccsc2)c1. The highest BCUT2D eigenvalue weighted by Crippen LogP contribution is 2.22. The Morgan fingerprint density at radius 1 is 1.00 bits per heavy atom. The molecule has 4 nitrogen and oxygen atoms in total. The zero-order chi connectivity index (χ0) is 18.5. The molecule has 0 atom stereocenters. The summed E-state index contributed by atoms with van der Waals surface area (Å²) in [6, 6.07) is 18.0. The molecule has 0 radical (unpaired) electrons. The van der Waals surface area contributed by atoms with E-state index in [2.05, 4.69) is 21.7 Å². The molecule has 1 amide bonds. The Morgan fingerprint density at radius 2 is 1.89 bits per heavy atom. The maximum atomic E-state index is 12.1. The van der Waals surface area contributed by atoms with Crippen LogP contribution in [0.1, 0.15) is 5.56 Å². The lowest BCUT2D eigenvalue weighted by molar-refractivity contribution is -0.123. The smallest absolute Gasteiger partial charge is 0.258 e. The fourth-order valence-electron chi connectivity index (χ4n) is 2.83. The molecule has 0 saturated heterocycles. The number of aromatic nitrogens is 1. The molecular weight excluding hydrogens is 356 g/mol. The first-order chi connectivity index (χ1) is 13.3. The van der Waals surface area contributed by atoms with Crippen molar-refractivity contribution in [1.29, 1.82) is 0 Å². The molecule has 0 aliphatic carbocycles. The Bertz CT molecular complexity index is 1060. The van der Waals surface area contributed by atoms with Gasteiger partial charge in [0.25, 0.3) is 5.91 Å². The summed E-state index contributed by atoms with van der Waals surface area (Å²) in [5, 5.41) is 9.23. The van der Waals surface area contributed by atoms with E-state index in [0.29, 0.717) is 12.3 Å². The van der Waals surface area contributed by atoms with Crippen LogP contribution in [0.4, 0.5) is 0 Å². The highest BCUT2D eigenvalue weighted by molar-refractivity contribution is 7.08. The number of ether oxygens (including phenoxy) is 1. The lowest BCUT2D eigenvalue weighted by Crippen LogP contribution is -2.28. The van der Waals surface area contributed by atoms with Crippen molar-refractivity contribution in [2.75, 3.05) is 6.61 Å². The molecule has 2 aromatic heterocycles. The van der Waals surface area contributed by atoms with E-state index >= 15 is 0 Å². The van der Waals surface area contributed by atoms with Crippen LogP contribution in [-0.4, -0.2) is 17.5 Å². The third-order valence-electron chi connectivity index (χ3n) is 4.23. The molecule has 0 fully saturated rings. The third-order valence-corrected chi connectivity index (χ3v) is 4.91. The number of benzene rings is 2. The molecule has 0 bridgehead atoms. The van der Waals surface area contributed by atoms with Crippen molar-refractivity contribution >= 4 is 28.0 Å². The van der Waals surface area contributed by atoms with E-state index < -0.39 is 0 Å². The fourth-order valence-corrected chi connectivity index (χ4v) is 3.49. The number of hydrogen-bond donors (Lipinski definition) is 1. The first kappa shape index (κ1) is 17.2. The van der Waals surface area contributed by atoms with Gasteiger partial charge in [0.15, 0.2) is 6.61 Å². The number of thiophene rings is 1. The van der Waals surface area contributed by atoms with E-state index in [1.807, 2.05) is 60.1 Å². The lowest BCUT2D eigenvalue weighted by atomic mass is 10.1. The van der Waals surface area contributed by atoms with Crippen LogP contribution >= 0.6 is 11.3 Å². The molecule has 134 valence electrons. The molecule has 2 heterocycles. The first-order valence-corrected chi connectivity index (χ1v) is 9.57. The molecule has 1 N–H and O–H groups in total. The molecule has 5 heteroatoms. The highest BCUT2D eigenvalue weighted by Gasteiger charge is 2.05. The second-order valence-electron chi connectivity index (χ2n) is 6.17. The Hall–Kier alpha value is -3.18. The van der Waals surface area contributed by atoms with Gasteiger partial charge in [0.05, 0.1) is 0 Å². The van der Waals surface area contributed by atoms with Crippen LogP contribution in [0.3, 0.4) is 0 Å². The molecule has 0 aliphatic rings. The minimum absolute atomic E-state index is 0.0179. The van der Waals surface area contributed by atoms with Gasteiger partial charge < -0.3 is 10.1 Å². The van der Waals surface area contributed by atoms with Crippen LogP contribution < -0.4 is 10.1 Å². The molecule has 2 aromatic carbocycles. The maximum Gasteiger partial charge on any atom is 0.258 e. The van der Waals surface area contributed by atoms with Crippen LogP contribution in [0.15, 0.2) is 77.8 Å². The number of hydrogen-bond acceptors (Lipinski definition) is 4. The summed E-state index contributed by atoms with van der Waals surface area (Å²) in [5.41, 5.74) is 3.15. The fraction of sp³-hybridized carbons (Fsp3) is 0.0909. The van der Waals surface area contributed by atoms with E-state index in [1.165, 1.54) is 0 Å². The van der Waals surface area contributed by atoms with Crippen molar-refractivity contribution in [3.8, 4) is 16.9 Å². The van der Waals surface area contributed by atoms with Gasteiger partial charge in [-0.3, -0.25) is 9.78 Å². The maximum absolute atomic E-state index is 12.1. The number of fused-ring (bicyclic) bond motifs is 1. The monoisotopic (exact) mass is 374 g/mol. The standard InChI is InChI=1S/C22H18N2O2S/c25-22(14-26-21-6-5-17-3-1-2-4-18(17)10-21)24-12-16-9-20(13-23-11-16)19-7-8-27-15-19/h1-11,13,15H,12,14H2,(H,24,25). The van der Waals surface area contributed by atoms with Gasteiger partial charge in [-0.2, -0.15) is 11.3 Å². The van der Waals surface area contributed by atoms with Crippen LogP contribution in [0.5, 0.6) is 5.75 Å². The second-order valence-corrected chi connectivity index (χ2v) is 6.95. The van der Waals surface area contributed by atoms with Gasteiger partial charge in [-0.15, -0.1) is 0 Å². The van der Waals surface area contributed by atoms with Crippen LogP contribution in [0.2, 0.25) is 0 Å². The molecule has 27 heavy (non-hydrogen) atoms. The first-order valence-electron chi connectivity index (χ1n) is 8.63. The summed E-state index contributed by atoms with van der Waals surface area (Å²) in [6.45, 7) is 0.404. The van der Waals surface area contributed by atoms with Gasteiger partial charge in [0.2, 0.25) is 0 Å². The Balaban J connectivity index is 1.32. The second kappa shape index (κ2) is 8.01. The molecule has 0 saturated carbocycles. The average Bonchev–Trinajstić information content (AvgIpc) is 3.26. The van der Waals surface area contributed by atoms with Crippen LogP contribution in [0, 0.1) is 0 Å². The normalized spacial score (nSPS) is 10.7. The third kappa shape index (κ3) is 4.33. The quantitative estimate of drug-likeness (QED) is 0.534. The van der Waals surface area contributed by atoms with E-state index in [9.17, 15) is 4.79 Å². The van der Waals surface area contributed by atoms with Gasteiger partial charge in [0.1, 0.15) is 5.75 Å². The van der Waals surface area contributed by atoms with Gasteiger partial charge in [0, 0.05) is 24.5 Å². The largest absolute Gasteiger partial charge is 0.484 e. The number of nitrogens with zero attached hydrogens (tertiary/aromatic N) is 1. The van der Waals surface area contributed by atoms with E-state index in [0.717, 1.165) is 27.5 Å². The molecule has 0 unspecified atom stereocenters. The number of carbonyl (C=O) groups is 1. The number of rotatable bonds is 6. The van der Waals surface area contributed by atoms with Crippen molar-refractivity contribution in [2.45, 2.75) is 6.54 Å². The zero-order valence-corrected chi connectivity index (χ0v) is 15.4. The minimum Gasteiger partial charge on any atom is -0.484 e. The van der Waals surface area contributed by atoms with Crippen molar-refractivity contribution in [3.63, 3.8) is 0 Å². The van der Waals surface area contributed by atoms with Crippen molar-refractivity contribution in [3.05, 3.63) is 83.3 Å². The molecular formula is C22H18N2O2S. The zero-order valence-electron chi connectivity index (χ0n) is 14.6. The van der Waals surface area contributed by atoms with Gasteiger partial charge in [-0.1, -0.05) is 30.3 Å². The van der Waals surface area contributed by atoms with Gasteiger partial charge in [-0.25, -0.2) is 0 Å². The predicted molar refractivity (Wildman–Crippen MR) is 109 cm³/mol. The molecule has 0 spiro atoms. The van der Waals surface area contributed by atoms with Crippen LogP contribution in [-0.2, 0) is 11.3 Å². The average molecular weight is 374 g/mol. The summed E-state index contributed by atoms with van der Waals surface area (Å²) in [7, 11) is 0. The highest BCUT2D eigenvalue weighted by atomic mass is 32.1. The summed E-state index contributed by atoms with van der Waals surface area (Å²) in [4.78, 5) is 16.4. The van der Waals surface area contributed by atoms with E-state index in [4.69, 9.17) is 4.74 Å². The molecule has 4 aromatic rings. The molecule has 0 aliphatic heterocycles. The van der Waals surface area contributed by atoms with Crippen LogP contribution in [0.25, 0.3) is 21.9 Å². The summed E-state index contributed by atoms with van der Waals surface area (Å²) in [6.07, 6.45) is 3.59. The predicted octanol–water partition coefficient (Wildman–Crippen LogP) is 4.66. The minimum atomic E-state index is -0.163. The summed E-state index contributed by atoms with van der Waals surface area (Å²) < 4.78 is 5.62. The number of amides is 1. The Morgan fingerprint density at radius 3 is 2.74 bits per heavy atom. The summed E-state index contributed by atoms with van der Waals surface area (Å²) in [5.74, 6) is 0.522. The Labute approximate surface area is 161 Å². The topological polar surface area (TPSA) is 51.2 Å². The van der Waals surface area contributed by atoms with Crippen molar-refractivity contribution in [1.82, 2.24) is 10.3 Å². The lowest BCUT2D eigenvalue weighted by Gasteiger charge is -2.09. The number of pyridine rings is 1. The summed E-state index contributed by atoms with van der Waals surface area (Å²) >= 11 is 1.65. The van der Waals surface area contributed by atoms with Crippen molar-refractivity contribution in [2.24, 2.45) is 0 Å². The number of nitrogens with one attached hydrogen (secondary N) is 1. The van der Waals surface area contributed by atoms with Crippen molar-refractivity contribution < 1.29 is 9.53 Å². The van der Waals surface area contributed by atoms with Gasteiger partial charge >= 0.3 is 0 Å². The van der Waals surface area contributed by atoms with Gasteiger partial charge in [-0.05, 0) is 56.9 Å². The molecule has 4 rings (SSSR count). The van der Waals surface area contributed by atoms with E-state index in [1.54, 1.807) is 17.5 Å². The number of carbonyl (C=O) groups excluding carboxylic acids is 1. The van der Waals surface area contributed by atoms with E-state index in [-0.39, 0.29) is 12.5 Å². The Kier molecular flexibility index (Phi) is 5.12.